The third-order valence-electron chi connectivity index (χ3n) is 1.44. The summed E-state index contributed by atoms with van der Waals surface area (Å²) in [6.07, 6.45) is 14.7. The molecule has 0 bridgehead atoms. The fourth-order valence-corrected chi connectivity index (χ4v) is 0.760. The van der Waals surface area contributed by atoms with Gasteiger partial charge in [0.05, 0.1) is 0 Å². The molecule has 0 atom stereocenters. The highest BCUT2D eigenvalue weighted by molar-refractivity contribution is 4.80. The molecular formula is C18H30N6. The van der Waals surface area contributed by atoms with Crippen LogP contribution < -0.4 is 0 Å². The van der Waals surface area contributed by atoms with Crippen molar-refractivity contribution >= 4 is 0 Å². The molecule has 6 nitrogen and oxygen atoms in total. The first kappa shape index (κ1) is 26.2. The third-order valence-corrected chi connectivity index (χ3v) is 1.44. The molecule has 0 aliphatic carbocycles. The molecule has 0 saturated heterocycles. The smallest absolute Gasteiger partial charge is 0.115 e. The lowest BCUT2D eigenvalue weighted by atomic mass is 10.6. The average Bonchev–Trinajstić information content (AvgIpc) is 2.77. The maximum Gasteiger partial charge on any atom is 0.115 e. The van der Waals surface area contributed by atoms with Gasteiger partial charge in [-0.05, 0) is 18.2 Å². The fourth-order valence-electron chi connectivity index (χ4n) is 0.760. The van der Waals surface area contributed by atoms with Crippen LogP contribution in [0.3, 0.4) is 0 Å². The van der Waals surface area contributed by atoms with Gasteiger partial charge in [0.15, 0.2) is 0 Å². The van der Waals surface area contributed by atoms with Gasteiger partial charge in [0, 0.05) is 49.6 Å². The predicted molar refractivity (Wildman–Crippen MR) is 100 cm³/mol. The van der Waals surface area contributed by atoms with E-state index in [1.807, 2.05) is 53.7 Å². The molecule has 24 heavy (non-hydrogen) atoms. The number of hydrogen-bond donors (Lipinski definition) is 0. The quantitative estimate of drug-likeness (QED) is 0.603. The molecule has 0 fully saturated rings. The molecule has 0 aliphatic rings. The molecule has 3 rings (SSSR count). The monoisotopic (exact) mass is 330 g/mol. The molecule has 3 aromatic heterocycles. The first-order valence-electron chi connectivity index (χ1n) is 8.12. The Kier molecular flexibility index (Phi) is 35.2. The van der Waals surface area contributed by atoms with Gasteiger partial charge in [0.2, 0.25) is 0 Å². The van der Waals surface area contributed by atoms with E-state index in [-0.39, 0.29) is 0 Å². The van der Waals surface area contributed by atoms with Gasteiger partial charge in [-0.25, -0.2) is 9.97 Å². The molecule has 0 unspecified atom stereocenters. The Morgan fingerprint density at radius 2 is 0.750 bits per heavy atom. The summed E-state index contributed by atoms with van der Waals surface area (Å²) in [5.41, 5.74) is 0. The molecule has 0 N–H and O–H groups in total. The summed E-state index contributed by atoms with van der Waals surface area (Å²) < 4.78 is 0. The van der Waals surface area contributed by atoms with Crippen molar-refractivity contribution in [3.8, 4) is 0 Å². The SMILES string of the molecule is CC.CC.CC.c1ccnnc1.c1cnccn1.c1cncnc1. The van der Waals surface area contributed by atoms with E-state index in [9.17, 15) is 0 Å². The molecule has 0 saturated carbocycles. The summed E-state index contributed by atoms with van der Waals surface area (Å²) in [5, 5.41) is 7.07. The van der Waals surface area contributed by atoms with Crippen molar-refractivity contribution in [1.29, 1.82) is 0 Å². The number of rotatable bonds is 0. The normalized spacial score (nSPS) is 6.75. The molecule has 0 aliphatic heterocycles. The number of hydrogen-bond acceptors (Lipinski definition) is 6. The second kappa shape index (κ2) is 32.3. The third kappa shape index (κ3) is 27.6. The lowest BCUT2D eigenvalue weighted by Crippen LogP contribution is -1.69. The molecule has 3 aromatic rings. The van der Waals surface area contributed by atoms with E-state index in [0.717, 1.165) is 0 Å². The van der Waals surface area contributed by atoms with E-state index in [0.29, 0.717) is 0 Å². The first-order valence-corrected chi connectivity index (χ1v) is 8.12. The summed E-state index contributed by atoms with van der Waals surface area (Å²) in [4.78, 5) is 14.8. The van der Waals surface area contributed by atoms with Crippen molar-refractivity contribution in [1.82, 2.24) is 30.1 Å². The van der Waals surface area contributed by atoms with Gasteiger partial charge in [-0.15, -0.1) is 0 Å². The van der Waals surface area contributed by atoms with Crippen molar-refractivity contribution < 1.29 is 0 Å². The maximum absolute atomic E-state index is 3.72. The van der Waals surface area contributed by atoms with Crippen molar-refractivity contribution in [2.45, 2.75) is 41.5 Å². The summed E-state index contributed by atoms with van der Waals surface area (Å²) in [7, 11) is 0. The Balaban J connectivity index is -0.000000239. The van der Waals surface area contributed by atoms with Crippen LogP contribution in [0, 0.1) is 0 Å². The lowest BCUT2D eigenvalue weighted by Gasteiger charge is -1.70. The zero-order valence-electron chi connectivity index (χ0n) is 15.6. The van der Waals surface area contributed by atoms with Crippen molar-refractivity contribution in [2.75, 3.05) is 0 Å². The standard InChI is InChI=1S/3C4H4N2.3C2H6/c1-2-6-4-3-5-1;1-2-5-4-6-3-1;1-2-4-6-5-3-1;3*1-2/h3*1-4H;3*1-2H3. The fraction of sp³-hybridized carbons (Fsp3) is 0.333. The summed E-state index contributed by atoms with van der Waals surface area (Å²) in [6.45, 7) is 12.0. The van der Waals surface area contributed by atoms with Gasteiger partial charge in [0.1, 0.15) is 6.33 Å². The van der Waals surface area contributed by atoms with Crippen molar-refractivity contribution in [3.63, 3.8) is 0 Å². The molecule has 0 aromatic carbocycles. The van der Waals surface area contributed by atoms with Crippen molar-refractivity contribution in [3.05, 3.63) is 74.1 Å². The van der Waals surface area contributed by atoms with Gasteiger partial charge < -0.3 is 0 Å². The average molecular weight is 330 g/mol. The highest BCUT2D eigenvalue weighted by atomic mass is 15.1. The van der Waals surface area contributed by atoms with Crippen LogP contribution >= 0.6 is 0 Å². The van der Waals surface area contributed by atoms with Crippen LogP contribution in [0.5, 0.6) is 0 Å². The number of aromatic nitrogens is 6. The van der Waals surface area contributed by atoms with Crippen molar-refractivity contribution in [2.24, 2.45) is 0 Å². The lowest BCUT2D eigenvalue weighted by molar-refractivity contribution is 1.03. The Bertz CT molecular complexity index is 310. The van der Waals surface area contributed by atoms with Gasteiger partial charge in [-0.3, -0.25) is 9.97 Å². The van der Waals surface area contributed by atoms with Gasteiger partial charge in [0.25, 0.3) is 0 Å². The Labute approximate surface area is 146 Å². The highest BCUT2D eigenvalue weighted by Gasteiger charge is 1.60. The van der Waals surface area contributed by atoms with Crippen LogP contribution in [0.4, 0.5) is 0 Å². The minimum atomic E-state index is 1.50. The van der Waals surface area contributed by atoms with Crippen LogP contribution in [0.1, 0.15) is 41.5 Å². The van der Waals surface area contributed by atoms with E-state index < -0.39 is 0 Å². The van der Waals surface area contributed by atoms with Gasteiger partial charge in [-0.2, -0.15) is 10.2 Å². The Hall–Kier alpha value is -2.76. The minimum absolute atomic E-state index is 1.50. The highest BCUT2D eigenvalue weighted by Crippen LogP contribution is 1.68. The molecule has 0 radical (unpaired) electrons. The Morgan fingerprint density at radius 1 is 0.375 bits per heavy atom. The summed E-state index contributed by atoms with van der Waals surface area (Å²) in [6, 6.07) is 5.43. The second-order valence-electron chi connectivity index (χ2n) is 2.71. The molecular weight excluding hydrogens is 300 g/mol. The predicted octanol–water partition coefficient (Wildman–Crippen LogP) is 4.51. The van der Waals surface area contributed by atoms with Crippen LogP contribution in [-0.4, -0.2) is 30.1 Å². The number of nitrogens with zero attached hydrogens (tertiary/aromatic N) is 6. The van der Waals surface area contributed by atoms with E-state index >= 15 is 0 Å². The van der Waals surface area contributed by atoms with Crippen LogP contribution in [0.25, 0.3) is 0 Å². The zero-order valence-corrected chi connectivity index (χ0v) is 15.6. The van der Waals surface area contributed by atoms with Gasteiger partial charge >= 0.3 is 0 Å². The molecule has 0 amide bonds. The van der Waals surface area contributed by atoms with E-state index in [1.165, 1.54) is 6.33 Å². The molecule has 0 spiro atoms. The largest absolute Gasteiger partial charge is 0.262 e. The van der Waals surface area contributed by atoms with E-state index in [2.05, 4.69) is 30.1 Å². The second-order valence-corrected chi connectivity index (χ2v) is 2.71. The van der Waals surface area contributed by atoms with E-state index in [4.69, 9.17) is 0 Å². The van der Waals surface area contributed by atoms with Gasteiger partial charge in [-0.1, -0.05) is 41.5 Å². The van der Waals surface area contributed by atoms with Crippen LogP contribution in [0.15, 0.2) is 74.1 Å². The molecule has 132 valence electrons. The van der Waals surface area contributed by atoms with E-state index in [1.54, 1.807) is 55.6 Å². The maximum atomic E-state index is 3.72. The molecule has 3 heterocycles. The summed E-state index contributed by atoms with van der Waals surface area (Å²) >= 11 is 0. The topological polar surface area (TPSA) is 77.3 Å². The Morgan fingerprint density at radius 3 is 0.875 bits per heavy atom. The van der Waals surface area contributed by atoms with Crippen LogP contribution in [0.2, 0.25) is 0 Å². The summed E-state index contributed by atoms with van der Waals surface area (Å²) in [5.74, 6) is 0. The minimum Gasteiger partial charge on any atom is -0.262 e. The van der Waals surface area contributed by atoms with Crippen LogP contribution in [-0.2, 0) is 0 Å². The first-order chi connectivity index (χ1) is 12.0. The zero-order chi connectivity index (χ0) is 18.7. The molecule has 6 heteroatoms.